The van der Waals surface area contributed by atoms with Crippen LogP contribution in [0.1, 0.15) is 44.8 Å². The summed E-state index contributed by atoms with van der Waals surface area (Å²) < 4.78 is 0. The van der Waals surface area contributed by atoms with E-state index in [1.54, 1.807) is 18.2 Å². The minimum Gasteiger partial charge on any atom is -0.326 e. The number of anilines is 2. The van der Waals surface area contributed by atoms with Crippen LogP contribution in [0.15, 0.2) is 18.2 Å². The van der Waals surface area contributed by atoms with Crippen molar-refractivity contribution in [3.8, 4) is 6.07 Å². The molecule has 2 aromatic rings. The van der Waals surface area contributed by atoms with Gasteiger partial charge in [-0.15, -0.1) is 11.3 Å². The lowest BCUT2D eigenvalue weighted by Gasteiger charge is -2.09. The van der Waals surface area contributed by atoms with E-state index in [9.17, 15) is 14.9 Å². The van der Waals surface area contributed by atoms with Gasteiger partial charge in [0.2, 0.25) is 5.91 Å². The van der Waals surface area contributed by atoms with Crippen LogP contribution in [0.25, 0.3) is 0 Å². The fourth-order valence-corrected chi connectivity index (χ4v) is 4.55. The lowest BCUT2D eigenvalue weighted by molar-refractivity contribution is -0.115. The predicted molar refractivity (Wildman–Crippen MR) is 92.4 cm³/mol. The summed E-state index contributed by atoms with van der Waals surface area (Å²) in [5.41, 5.74) is 3.81. The number of nitriles is 1. The van der Waals surface area contributed by atoms with E-state index in [1.807, 2.05) is 0 Å². The Morgan fingerprint density at radius 1 is 1.29 bits per heavy atom. The third-order valence-corrected chi connectivity index (χ3v) is 5.71. The second-order valence-corrected chi connectivity index (χ2v) is 7.18. The van der Waals surface area contributed by atoms with Crippen LogP contribution in [-0.4, -0.2) is 11.8 Å². The summed E-state index contributed by atoms with van der Waals surface area (Å²) in [5.74, 6) is -0.299. The molecule has 2 aliphatic rings. The van der Waals surface area contributed by atoms with Gasteiger partial charge in [0.25, 0.3) is 5.91 Å². The third kappa shape index (κ3) is 2.47. The average Bonchev–Trinajstić information content (AvgIpc) is 3.12. The Hall–Kier alpha value is -2.65. The number of nitrogens with zero attached hydrogens (tertiary/aromatic N) is 1. The van der Waals surface area contributed by atoms with Gasteiger partial charge in [0.1, 0.15) is 11.1 Å². The van der Waals surface area contributed by atoms with E-state index in [0.29, 0.717) is 22.5 Å². The second-order valence-electron chi connectivity index (χ2n) is 6.08. The zero-order valence-electron chi connectivity index (χ0n) is 12.9. The molecule has 1 aliphatic carbocycles. The maximum atomic E-state index is 12.6. The molecule has 120 valence electrons. The Morgan fingerprint density at radius 2 is 2.12 bits per heavy atom. The maximum Gasteiger partial charge on any atom is 0.256 e. The molecule has 6 heteroatoms. The van der Waals surface area contributed by atoms with E-state index in [2.05, 4.69) is 16.7 Å². The maximum absolute atomic E-state index is 12.6. The van der Waals surface area contributed by atoms with Gasteiger partial charge < -0.3 is 10.6 Å². The van der Waals surface area contributed by atoms with E-state index >= 15 is 0 Å². The highest BCUT2D eigenvalue weighted by Crippen LogP contribution is 2.38. The molecule has 0 saturated heterocycles. The van der Waals surface area contributed by atoms with Crippen molar-refractivity contribution in [2.24, 2.45) is 0 Å². The van der Waals surface area contributed by atoms with Gasteiger partial charge in [-0.2, -0.15) is 5.26 Å². The SMILES string of the molecule is N#Cc1c(NC(=O)c2ccc3c(c2)CC(=O)N3)sc2c1CCCC2. The van der Waals surface area contributed by atoms with Crippen LogP contribution in [0.2, 0.25) is 0 Å². The molecule has 2 heterocycles. The molecule has 0 bridgehead atoms. The number of aryl methyl sites for hydroxylation is 1. The molecule has 2 N–H and O–H groups in total. The van der Waals surface area contributed by atoms with E-state index in [0.717, 1.165) is 42.5 Å². The first-order chi connectivity index (χ1) is 11.7. The Labute approximate surface area is 143 Å². The van der Waals surface area contributed by atoms with Crippen molar-refractivity contribution in [3.05, 3.63) is 45.3 Å². The van der Waals surface area contributed by atoms with Crippen LogP contribution in [0.4, 0.5) is 10.7 Å². The molecule has 0 fully saturated rings. The largest absolute Gasteiger partial charge is 0.326 e. The van der Waals surface area contributed by atoms with Gasteiger partial charge in [-0.25, -0.2) is 0 Å². The molecule has 1 aromatic carbocycles. The zero-order valence-corrected chi connectivity index (χ0v) is 13.8. The van der Waals surface area contributed by atoms with Gasteiger partial charge in [0, 0.05) is 16.1 Å². The first-order valence-corrected chi connectivity index (χ1v) is 8.76. The van der Waals surface area contributed by atoms with Crippen LogP contribution < -0.4 is 10.6 Å². The highest BCUT2D eigenvalue weighted by molar-refractivity contribution is 7.16. The van der Waals surface area contributed by atoms with Crippen molar-refractivity contribution in [1.82, 2.24) is 0 Å². The minimum atomic E-state index is -0.243. The molecule has 2 amide bonds. The Morgan fingerprint density at radius 3 is 2.96 bits per heavy atom. The number of nitrogens with one attached hydrogen (secondary N) is 2. The molecule has 0 atom stereocenters. The van der Waals surface area contributed by atoms with Crippen molar-refractivity contribution in [2.75, 3.05) is 10.6 Å². The molecule has 0 radical (unpaired) electrons. The Balaban J connectivity index is 1.61. The first-order valence-electron chi connectivity index (χ1n) is 7.94. The second kappa shape index (κ2) is 5.77. The standard InChI is InChI=1S/C18H15N3O2S/c19-9-13-12-3-1-2-4-15(12)24-18(13)21-17(23)10-5-6-14-11(7-10)8-16(22)20-14/h5-7H,1-4,8H2,(H,20,22)(H,21,23). The summed E-state index contributed by atoms with van der Waals surface area (Å²) in [4.78, 5) is 25.2. The number of fused-ring (bicyclic) bond motifs is 2. The summed E-state index contributed by atoms with van der Waals surface area (Å²) >= 11 is 1.51. The number of hydrogen-bond acceptors (Lipinski definition) is 4. The number of carbonyl (C=O) groups is 2. The highest BCUT2D eigenvalue weighted by atomic mass is 32.1. The van der Waals surface area contributed by atoms with Crippen molar-refractivity contribution in [1.29, 1.82) is 5.26 Å². The van der Waals surface area contributed by atoms with Crippen molar-refractivity contribution >= 4 is 33.8 Å². The van der Waals surface area contributed by atoms with Gasteiger partial charge in [-0.05, 0) is 55.0 Å². The minimum absolute atomic E-state index is 0.0553. The number of hydrogen-bond donors (Lipinski definition) is 2. The van der Waals surface area contributed by atoms with Crippen LogP contribution in [0.5, 0.6) is 0 Å². The molecule has 1 aliphatic heterocycles. The van der Waals surface area contributed by atoms with Gasteiger partial charge in [0.15, 0.2) is 0 Å². The molecule has 5 nitrogen and oxygen atoms in total. The molecule has 24 heavy (non-hydrogen) atoms. The van der Waals surface area contributed by atoms with Gasteiger partial charge in [0.05, 0.1) is 12.0 Å². The summed E-state index contributed by atoms with van der Waals surface area (Å²) in [6.07, 6.45) is 4.43. The first kappa shape index (κ1) is 14.9. The molecule has 0 unspecified atom stereocenters. The smallest absolute Gasteiger partial charge is 0.256 e. The quantitative estimate of drug-likeness (QED) is 0.882. The van der Waals surface area contributed by atoms with Crippen molar-refractivity contribution < 1.29 is 9.59 Å². The molecular formula is C18H15N3O2S. The summed E-state index contributed by atoms with van der Waals surface area (Å²) in [6.45, 7) is 0. The lowest BCUT2D eigenvalue weighted by atomic mass is 9.96. The van der Waals surface area contributed by atoms with Gasteiger partial charge >= 0.3 is 0 Å². The van der Waals surface area contributed by atoms with Crippen molar-refractivity contribution in [3.63, 3.8) is 0 Å². The van der Waals surface area contributed by atoms with Crippen LogP contribution >= 0.6 is 11.3 Å². The summed E-state index contributed by atoms with van der Waals surface area (Å²) in [7, 11) is 0. The van der Waals surface area contributed by atoms with E-state index in [-0.39, 0.29) is 11.8 Å². The number of amides is 2. The molecule has 0 saturated carbocycles. The topological polar surface area (TPSA) is 82.0 Å². The summed E-state index contributed by atoms with van der Waals surface area (Å²) in [6, 6.07) is 7.43. The number of benzene rings is 1. The predicted octanol–water partition coefficient (Wildman–Crippen LogP) is 3.25. The fourth-order valence-electron chi connectivity index (χ4n) is 3.32. The molecular weight excluding hydrogens is 322 g/mol. The lowest BCUT2D eigenvalue weighted by Crippen LogP contribution is -2.12. The van der Waals surface area contributed by atoms with Crippen LogP contribution in [0, 0.1) is 11.3 Å². The van der Waals surface area contributed by atoms with Gasteiger partial charge in [-0.1, -0.05) is 0 Å². The van der Waals surface area contributed by atoms with Gasteiger partial charge in [-0.3, -0.25) is 9.59 Å². The monoisotopic (exact) mass is 337 g/mol. The average molecular weight is 337 g/mol. The normalized spacial score (nSPS) is 15.2. The van der Waals surface area contributed by atoms with Crippen LogP contribution in [0.3, 0.4) is 0 Å². The van der Waals surface area contributed by atoms with E-state index in [1.165, 1.54) is 16.2 Å². The Bertz CT molecular complexity index is 908. The molecule has 0 spiro atoms. The van der Waals surface area contributed by atoms with Crippen molar-refractivity contribution in [2.45, 2.75) is 32.1 Å². The zero-order chi connectivity index (χ0) is 16.7. The molecule has 1 aromatic heterocycles. The third-order valence-electron chi connectivity index (χ3n) is 4.50. The number of carbonyl (C=O) groups excluding carboxylic acids is 2. The highest BCUT2D eigenvalue weighted by Gasteiger charge is 2.23. The summed E-state index contributed by atoms with van der Waals surface area (Å²) in [5, 5.41) is 15.7. The molecule has 4 rings (SSSR count). The fraction of sp³-hybridized carbons (Fsp3) is 0.278. The number of rotatable bonds is 2. The number of thiophene rings is 1. The Kier molecular flexibility index (Phi) is 3.58. The van der Waals surface area contributed by atoms with E-state index in [4.69, 9.17) is 0 Å². The van der Waals surface area contributed by atoms with E-state index < -0.39 is 0 Å². The van der Waals surface area contributed by atoms with Crippen LogP contribution in [-0.2, 0) is 24.1 Å².